The van der Waals surface area contributed by atoms with E-state index in [4.69, 9.17) is 4.74 Å². The Morgan fingerprint density at radius 1 is 1.04 bits per heavy atom. The van der Waals surface area contributed by atoms with Crippen LogP contribution in [0.3, 0.4) is 0 Å². The molecule has 1 aliphatic heterocycles. The minimum atomic E-state index is -3.39. The number of para-hydroxylation sites is 1. The van der Waals surface area contributed by atoms with Gasteiger partial charge in [-0.1, -0.05) is 30.3 Å². The number of hydrogen-bond acceptors (Lipinski definition) is 4. The summed E-state index contributed by atoms with van der Waals surface area (Å²) in [6.45, 7) is 0.420. The van der Waals surface area contributed by atoms with Crippen molar-refractivity contribution in [1.82, 2.24) is 4.90 Å². The van der Waals surface area contributed by atoms with Gasteiger partial charge in [-0.25, -0.2) is 12.8 Å². The molecule has 138 valence electrons. The summed E-state index contributed by atoms with van der Waals surface area (Å²) in [5, 5.41) is -0.499. The summed E-state index contributed by atoms with van der Waals surface area (Å²) in [5.41, 5.74) is 0. The van der Waals surface area contributed by atoms with Crippen LogP contribution < -0.4 is 4.74 Å². The molecular weight excluding hydrogens is 357 g/mol. The van der Waals surface area contributed by atoms with E-state index >= 15 is 0 Å². The molecule has 5 nitrogen and oxygen atoms in total. The molecule has 0 bridgehead atoms. The predicted octanol–water partition coefficient (Wildman–Crippen LogP) is 2.67. The molecule has 0 spiro atoms. The lowest BCUT2D eigenvalue weighted by Gasteiger charge is -2.31. The Balaban J connectivity index is 1.55. The zero-order chi connectivity index (χ0) is 18.6. The van der Waals surface area contributed by atoms with Crippen molar-refractivity contribution >= 4 is 15.7 Å². The first-order valence-electron chi connectivity index (χ1n) is 8.42. The van der Waals surface area contributed by atoms with E-state index in [1.165, 1.54) is 12.1 Å². The molecule has 1 fully saturated rings. The molecule has 7 heteroatoms. The van der Waals surface area contributed by atoms with Crippen molar-refractivity contribution < 1.29 is 22.3 Å². The lowest BCUT2D eigenvalue weighted by atomic mass is 10.1. The molecule has 0 aromatic heterocycles. The molecule has 0 radical (unpaired) electrons. The highest BCUT2D eigenvalue weighted by atomic mass is 32.2. The topological polar surface area (TPSA) is 63.7 Å². The van der Waals surface area contributed by atoms with E-state index in [1.807, 2.05) is 0 Å². The highest BCUT2D eigenvalue weighted by Crippen LogP contribution is 2.24. The minimum absolute atomic E-state index is 0.0300. The lowest BCUT2D eigenvalue weighted by Crippen LogP contribution is -2.44. The third-order valence-electron chi connectivity index (χ3n) is 4.49. The number of hydrogen-bond donors (Lipinski definition) is 0. The van der Waals surface area contributed by atoms with Crippen LogP contribution >= 0.6 is 0 Å². The van der Waals surface area contributed by atoms with E-state index in [0.717, 1.165) is 0 Å². The van der Waals surface area contributed by atoms with E-state index in [0.29, 0.717) is 30.8 Å². The molecule has 0 N–H and O–H groups in total. The van der Waals surface area contributed by atoms with Crippen LogP contribution in [0.1, 0.15) is 12.8 Å². The van der Waals surface area contributed by atoms with Crippen molar-refractivity contribution in [2.45, 2.75) is 23.0 Å². The fourth-order valence-corrected chi connectivity index (χ4v) is 4.76. The summed E-state index contributed by atoms with van der Waals surface area (Å²) >= 11 is 0. The van der Waals surface area contributed by atoms with Gasteiger partial charge < -0.3 is 9.64 Å². The van der Waals surface area contributed by atoms with E-state index in [1.54, 1.807) is 47.4 Å². The van der Waals surface area contributed by atoms with Crippen LogP contribution in [0.25, 0.3) is 0 Å². The number of benzene rings is 2. The minimum Gasteiger partial charge on any atom is -0.481 e. The molecule has 2 aromatic carbocycles. The Morgan fingerprint density at radius 3 is 2.31 bits per heavy atom. The third kappa shape index (κ3) is 4.04. The molecule has 0 aliphatic carbocycles. The van der Waals surface area contributed by atoms with E-state index in [9.17, 15) is 17.6 Å². The van der Waals surface area contributed by atoms with Gasteiger partial charge in [0.1, 0.15) is 0 Å². The number of halogens is 1. The molecule has 1 heterocycles. The molecule has 1 saturated heterocycles. The Labute approximate surface area is 152 Å². The third-order valence-corrected chi connectivity index (χ3v) is 6.77. The highest BCUT2D eigenvalue weighted by molar-refractivity contribution is 7.92. The average molecular weight is 377 g/mol. The molecule has 0 atom stereocenters. The second kappa shape index (κ2) is 7.86. The molecular formula is C19H20FNO4S. The van der Waals surface area contributed by atoms with E-state index < -0.39 is 20.9 Å². The van der Waals surface area contributed by atoms with Crippen molar-refractivity contribution in [1.29, 1.82) is 0 Å². The maximum Gasteiger partial charge on any atom is 0.260 e. The first-order chi connectivity index (χ1) is 12.5. The monoisotopic (exact) mass is 377 g/mol. The first kappa shape index (κ1) is 18.4. The highest BCUT2D eigenvalue weighted by Gasteiger charge is 2.32. The first-order valence-corrected chi connectivity index (χ1v) is 9.97. The van der Waals surface area contributed by atoms with Crippen molar-refractivity contribution in [2.24, 2.45) is 0 Å². The summed E-state index contributed by atoms with van der Waals surface area (Å²) in [4.78, 5) is 14.1. The van der Waals surface area contributed by atoms with Gasteiger partial charge in [0.15, 0.2) is 28.0 Å². The lowest BCUT2D eigenvalue weighted by molar-refractivity contribution is -0.134. The van der Waals surface area contributed by atoms with Crippen LogP contribution in [-0.4, -0.2) is 44.2 Å². The quantitative estimate of drug-likeness (QED) is 0.804. The Kier molecular flexibility index (Phi) is 5.56. The molecule has 1 amide bonds. The number of nitrogens with zero attached hydrogens (tertiary/aromatic N) is 1. The molecule has 3 rings (SSSR count). The van der Waals surface area contributed by atoms with Gasteiger partial charge in [0.05, 0.1) is 10.1 Å². The number of sulfone groups is 1. The molecule has 0 saturated carbocycles. The number of ether oxygens (including phenoxy) is 1. The molecule has 0 unspecified atom stereocenters. The Hall–Kier alpha value is -2.41. The smallest absolute Gasteiger partial charge is 0.260 e. The number of likely N-dealkylation sites (tertiary alicyclic amines) is 1. The molecule has 1 aliphatic rings. The van der Waals surface area contributed by atoms with Crippen molar-refractivity contribution in [3.63, 3.8) is 0 Å². The van der Waals surface area contributed by atoms with Gasteiger partial charge in [-0.05, 0) is 37.1 Å². The maximum absolute atomic E-state index is 13.5. The van der Waals surface area contributed by atoms with Gasteiger partial charge in [-0.2, -0.15) is 0 Å². The summed E-state index contributed by atoms with van der Waals surface area (Å²) in [6.07, 6.45) is 0.755. The zero-order valence-corrected chi connectivity index (χ0v) is 15.0. The summed E-state index contributed by atoms with van der Waals surface area (Å²) in [7, 11) is -3.39. The average Bonchev–Trinajstić information content (AvgIpc) is 2.68. The summed E-state index contributed by atoms with van der Waals surface area (Å²) in [6, 6.07) is 14.3. The van der Waals surface area contributed by atoms with Crippen LogP contribution in [0.4, 0.5) is 4.39 Å². The summed E-state index contributed by atoms with van der Waals surface area (Å²) in [5.74, 6) is -0.765. The van der Waals surface area contributed by atoms with Gasteiger partial charge in [0, 0.05) is 13.1 Å². The number of carbonyl (C=O) groups is 1. The van der Waals surface area contributed by atoms with E-state index in [2.05, 4.69) is 0 Å². The second-order valence-corrected chi connectivity index (χ2v) is 8.39. The summed E-state index contributed by atoms with van der Waals surface area (Å²) < 4.78 is 44.0. The van der Waals surface area contributed by atoms with Crippen LogP contribution in [-0.2, 0) is 14.6 Å². The van der Waals surface area contributed by atoms with E-state index in [-0.39, 0.29) is 18.3 Å². The maximum atomic E-state index is 13.5. The number of amides is 1. The standard InChI is InChI=1S/C19H20FNO4S/c20-17-8-4-5-9-18(17)25-14-19(22)21-12-10-16(11-13-21)26(23,24)15-6-2-1-3-7-15/h1-9,16H,10-14H2. The SMILES string of the molecule is O=C(COc1ccccc1F)N1CCC(S(=O)(=O)c2ccccc2)CC1. The molecule has 26 heavy (non-hydrogen) atoms. The Bertz CT molecular complexity index is 862. The number of carbonyl (C=O) groups excluding carboxylic acids is 1. The Morgan fingerprint density at radius 2 is 1.65 bits per heavy atom. The molecule has 2 aromatic rings. The van der Waals surface area contributed by atoms with Crippen LogP contribution in [0, 0.1) is 5.82 Å². The largest absolute Gasteiger partial charge is 0.481 e. The fourth-order valence-electron chi connectivity index (χ4n) is 3.01. The second-order valence-electron chi connectivity index (χ2n) is 6.16. The van der Waals surface area contributed by atoms with Gasteiger partial charge in [0.2, 0.25) is 0 Å². The normalized spacial score (nSPS) is 15.7. The number of piperidine rings is 1. The van der Waals surface area contributed by atoms with Crippen molar-refractivity contribution in [2.75, 3.05) is 19.7 Å². The van der Waals surface area contributed by atoms with Gasteiger partial charge in [-0.15, -0.1) is 0 Å². The fraction of sp³-hybridized carbons (Fsp3) is 0.316. The van der Waals surface area contributed by atoms with Crippen LogP contribution in [0.2, 0.25) is 0 Å². The van der Waals surface area contributed by atoms with Crippen LogP contribution in [0.15, 0.2) is 59.5 Å². The van der Waals surface area contributed by atoms with Crippen LogP contribution in [0.5, 0.6) is 5.75 Å². The zero-order valence-electron chi connectivity index (χ0n) is 14.2. The van der Waals surface area contributed by atoms with Crippen molar-refractivity contribution in [3.05, 3.63) is 60.4 Å². The predicted molar refractivity (Wildman–Crippen MR) is 95.1 cm³/mol. The van der Waals surface area contributed by atoms with Gasteiger partial charge in [-0.3, -0.25) is 4.79 Å². The van der Waals surface area contributed by atoms with Gasteiger partial charge in [0.25, 0.3) is 5.91 Å². The number of rotatable bonds is 5. The van der Waals surface area contributed by atoms with Gasteiger partial charge >= 0.3 is 0 Å². The van der Waals surface area contributed by atoms with Crippen molar-refractivity contribution in [3.8, 4) is 5.75 Å².